The summed E-state index contributed by atoms with van der Waals surface area (Å²) in [4.78, 5) is 12.5. The summed E-state index contributed by atoms with van der Waals surface area (Å²) in [7, 11) is 0. The Kier molecular flexibility index (Phi) is 2.64. The van der Waals surface area contributed by atoms with Crippen LogP contribution in [0.1, 0.15) is 26.2 Å². The van der Waals surface area contributed by atoms with E-state index in [4.69, 9.17) is 0 Å². The molecular formula is C12H14OS. The molecule has 0 spiro atoms. The number of rotatable bonds is 2. The molecule has 1 aliphatic rings. The Morgan fingerprint density at radius 1 is 1.29 bits per heavy atom. The lowest BCUT2D eigenvalue weighted by atomic mass is 10.1. The summed E-state index contributed by atoms with van der Waals surface area (Å²) in [5, 5.41) is 0. The molecule has 74 valence electrons. The molecule has 0 aromatic heterocycles. The molecule has 2 rings (SSSR count). The molecule has 1 aliphatic carbocycles. The lowest BCUT2D eigenvalue weighted by molar-refractivity contribution is -0.117. The fourth-order valence-corrected chi connectivity index (χ4v) is 3.16. The quantitative estimate of drug-likeness (QED) is 0.738. The molecule has 0 aliphatic heterocycles. The van der Waals surface area contributed by atoms with E-state index in [2.05, 4.69) is 19.1 Å². The predicted molar refractivity (Wildman–Crippen MR) is 59.6 cm³/mol. The van der Waals surface area contributed by atoms with E-state index in [1.807, 2.05) is 30.0 Å². The average Bonchev–Trinajstić information content (AvgIpc) is 2.47. The molecule has 0 N–H and O–H groups in total. The van der Waals surface area contributed by atoms with Crippen LogP contribution in [0.4, 0.5) is 0 Å². The fourth-order valence-electron chi connectivity index (χ4n) is 1.86. The van der Waals surface area contributed by atoms with Gasteiger partial charge >= 0.3 is 0 Å². The Morgan fingerprint density at radius 3 is 2.57 bits per heavy atom. The van der Waals surface area contributed by atoms with Crippen molar-refractivity contribution in [3.8, 4) is 0 Å². The van der Waals surface area contributed by atoms with E-state index in [1.54, 1.807) is 0 Å². The lowest BCUT2D eigenvalue weighted by Gasteiger charge is -2.21. The molecule has 0 radical (unpaired) electrons. The summed E-state index contributed by atoms with van der Waals surface area (Å²) in [6.07, 6.45) is 2.51. The van der Waals surface area contributed by atoms with Gasteiger partial charge in [0.05, 0.1) is 0 Å². The van der Waals surface area contributed by atoms with E-state index in [1.165, 1.54) is 4.90 Å². The first kappa shape index (κ1) is 9.78. The molecule has 1 atom stereocenters. The third-order valence-electron chi connectivity index (χ3n) is 2.61. The highest BCUT2D eigenvalue weighted by molar-refractivity contribution is 8.00. The first-order chi connectivity index (χ1) is 6.68. The smallest absolute Gasteiger partial charge is 0.134 e. The second kappa shape index (κ2) is 3.77. The maximum atomic E-state index is 11.2. The van der Waals surface area contributed by atoms with Gasteiger partial charge in [0.1, 0.15) is 5.78 Å². The van der Waals surface area contributed by atoms with Crippen LogP contribution in [0.25, 0.3) is 0 Å². The maximum absolute atomic E-state index is 11.2. The number of carbonyl (C=O) groups is 1. The van der Waals surface area contributed by atoms with Crippen molar-refractivity contribution in [2.75, 3.05) is 0 Å². The first-order valence-corrected chi connectivity index (χ1v) is 5.75. The highest BCUT2D eigenvalue weighted by Gasteiger charge is 2.34. The zero-order valence-electron chi connectivity index (χ0n) is 8.32. The number of hydrogen-bond donors (Lipinski definition) is 0. The maximum Gasteiger partial charge on any atom is 0.134 e. The van der Waals surface area contributed by atoms with Gasteiger partial charge in [0.25, 0.3) is 0 Å². The van der Waals surface area contributed by atoms with E-state index in [9.17, 15) is 4.79 Å². The van der Waals surface area contributed by atoms with Gasteiger partial charge < -0.3 is 0 Å². The molecule has 1 aromatic rings. The number of ketones is 1. The van der Waals surface area contributed by atoms with Crippen molar-refractivity contribution in [3.63, 3.8) is 0 Å². The fraction of sp³-hybridized carbons (Fsp3) is 0.417. The minimum Gasteiger partial charge on any atom is -0.300 e. The summed E-state index contributed by atoms with van der Waals surface area (Å²) < 4.78 is 0.137. The Morgan fingerprint density at radius 2 is 2.00 bits per heavy atom. The van der Waals surface area contributed by atoms with Crippen LogP contribution in [0, 0.1) is 0 Å². The number of thioether (sulfide) groups is 1. The minimum atomic E-state index is 0.137. The average molecular weight is 206 g/mol. The van der Waals surface area contributed by atoms with Crippen molar-refractivity contribution in [1.82, 2.24) is 0 Å². The van der Waals surface area contributed by atoms with Crippen LogP contribution < -0.4 is 0 Å². The van der Waals surface area contributed by atoms with Crippen LogP contribution in [0.15, 0.2) is 35.2 Å². The molecule has 1 saturated carbocycles. The Bertz CT molecular complexity index is 333. The monoisotopic (exact) mass is 206 g/mol. The largest absolute Gasteiger partial charge is 0.300 e. The van der Waals surface area contributed by atoms with Crippen LogP contribution in [-0.2, 0) is 4.79 Å². The number of hydrogen-bond acceptors (Lipinski definition) is 2. The molecule has 1 unspecified atom stereocenters. The summed E-state index contributed by atoms with van der Waals surface area (Å²) in [6, 6.07) is 10.3. The molecule has 1 fully saturated rings. The van der Waals surface area contributed by atoms with Gasteiger partial charge in [-0.2, -0.15) is 0 Å². The number of benzene rings is 1. The standard InChI is InChI=1S/C12H14OS/c1-12(8-7-10(13)9-12)14-11-5-3-2-4-6-11/h2-6H,7-9H2,1H3. The molecule has 0 amide bonds. The first-order valence-electron chi connectivity index (χ1n) is 4.94. The molecule has 1 aromatic carbocycles. The Hall–Kier alpha value is -0.760. The summed E-state index contributed by atoms with van der Waals surface area (Å²) in [5.41, 5.74) is 0. The van der Waals surface area contributed by atoms with E-state index in [-0.39, 0.29) is 4.75 Å². The zero-order valence-corrected chi connectivity index (χ0v) is 9.14. The van der Waals surface area contributed by atoms with Gasteiger partial charge in [-0.1, -0.05) is 18.2 Å². The van der Waals surface area contributed by atoms with Crippen LogP contribution in [-0.4, -0.2) is 10.5 Å². The molecule has 14 heavy (non-hydrogen) atoms. The van der Waals surface area contributed by atoms with Gasteiger partial charge in [-0.3, -0.25) is 4.79 Å². The van der Waals surface area contributed by atoms with Crippen molar-refractivity contribution in [3.05, 3.63) is 30.3 Å². The zero-order chi connectivity index (χ0) is 10.0. The second-order valence-electron chi connectivity index (χ2n) is 4.08. The molecular weight excluding hydrogens is 192 g/mol. The predicted octanol–water partition coefficient (Wildman–Crippen LogP) is 3.29. The van der Waals surface area contributed by atoms with Crippen LogP contribution in [0.3, 0.4) is 0 Å². The van der Waals surface area contributed by atoms with Crippen molar-refractivity contribution < 1.29 is 4.79 Å². The van der Waals surface area contributed by atoms with Gasteiger partial charge in [-0.15, -0.1) is 11.8 Å². The molecule has 1 nitrogen and oxygen atoms in total. The number of Topliss-reactive ketones (excluding diaryl/α,β-unsaturated/α-hetero) is 1. The van der Waals surface area contributed by atoms with Crippen molar-refractivity contribution >= 4 is 17.5 Å². The molecule has 0 heterocycles. The van der Waals surface area contributed by atoms with Gasteiger partial charge in [0.15, 0.2) is 0 Å². The van der Waals surface area contributed by atoms with E-state index < -0.39 is 0 Å². The van der Waals surface area contributed by atoms with Crippen molar-refractivity contribution in [1.29, 1.82) is 0 Å². The topological polar surface area (TPSA) is 17.1 Å². The van der Waals surface area contributed by atoms with E-state index in [0.29, 0.717) is 5.78 Å². The molecule has 0 bridgehead atoms. The molecule has 2 heteroatoms. The van der Waals surface area contributed by atoms with Crippen LogP contribution >= 0.6 is 11.8 Å². The summed E-state index contributed by atoms with van der Waals surface area (Å²) >= 11 is 1.84. The highest BCUT2D eigenvalue weighted by Crippen LogP contribution is 2.43. The van der Waals surface area contributed by atoms with Gasteiger partial charge in [0, 0.05) is 22.5 Å². The summed E-state index contributed by atoms with van der Waals surface area (Å²) in [6.45, 7) is 2.19. The second-order valence-corrected chi connectivity index (χ2v) is 5.74. The SMILES string of the molecule is CC1(Sc2ccccc2)CCC(=O)C1. The molecule has 0 saturated heterocycles. The number of carbonyl (C=O) groups excluding carboxylic acids is 1. The van der Waals surface area contributed by atoms with Gasteiger partial charge in [-0.05, 0) is 25.5 Å². The summed E-state index contributed by atoms with van der Waals surface area (Å²) in [5.74, 6) is 0.413. The van der Waals surface area contributed by atoms with E-state index >= 15 is 0 Å². The Balaban J connectivity index is 2.08. The van der Waals surface area contributed by atoms with Gasteiger partial charge in [0.2, 0.25) is 0 Å². The third-order valence-corrected chi connectivity index (χ3v) is 3.96. The van der Waals surface area contributed by atoms with Gasteiger partial charge in [-0.25, -0.2) is 0 Å². The van der Waals surface area contributed by atoms with Crippen molar-refractivity contribution in [2.45, 2.75) is 35.8 Å². The van der Waals surface area contributed by atoms with Crippen molar-refractivity contribution in [2.24, 2.45) is 0 Å². The lowest BCUT2D eigenvalue weighted by Crippen LogP contribution is -2.14. The normalized spacial score (nSPS) is 26.8. The van der Waals surface area contributed by atoms with Crippen LogP contribution in [0.2, 0.25) is 0 Å². The minimum absolute atomic E-state index is 0.137. The Labute approximate surface area is 88.9 Å². The highest BCUT2D eigenvalue weighted by atomic mass is 32.2. The van der Waals surface area contributed by atoms with E-state index in [0.717, 1.165) is 19.3 Å². The van der Waals surface area contributed by atoms with Crippen LogP contribution in [0.5, 0.6) is 0 Å². The third kappa shape index (κ3) is 2.18.